The van der Waals surface area contributed by atoms with Crippen LogP contribution in [0.5, 0.6) is 0 Å². The fourth-order valence-corrected chi connectivity index (χ4v) is 12.6. The van der Waals surface area contributed by atoms with Gasteiger partial charge in [-0.05, 0) is 161 Å². The molecule has 13 aromatic rings. The van der Waals surface area contributed by atoms with E-state index in [1.165, 1.54) is 110 Å². The molecule has 10 aromatic carbocycles. The summed E-state index contributed by atoms with van der Waals surface area (Å²) in [4.78, 5) is 0. The lowest BCUT2D eigenvalue weighted by atomic mass is 9.79. The van der Waals surface area contributed by atoms with Crippen molar-refractivity contribution >= 4 is 87.2 Å². The van der Waals surface area contributed by atoms with Crippen molar-refractivity contribution in [2.75, 3.05) is 0 Å². The topological polar surface area (TPSA) is 31.2 Å². The van der Waals surface area contributed by atoms with Gasteiger partial charge in [0.2, 0.25) is 0 Å². The van der Waals surface area contributed by atoms with Gasteiger partial charge in [0, 0.05) is 61.2 Å². The molecule has 0 amide bonds. The Labute approximate surface area is 381 Å². The van der Waals surface area contributed by atoms with Crippen LogP contribution in [0.15, 0.2) is 179 Å². The summed E-state index contributed by atoms with van der Waals surface area (Å²) in [5, 5.41) is 12.4. The Balaban J connectivity index is 0.916. The Bertz CT molecular complexity index is 4080. The number of benzene rings is 10. The van der Waals surface area contributed by atoms with Crippen molar-refractivity contribution in [3.8, 4) is 44.5 Å². The Morgan fingerprint density at radius 3 is 1.14 bits per heavy atom. The predicted molar refractivity (Wildman–Crippen MR) is 276 cm³/mol. The molecule has 3 aromatic heterocycles. The molecule has 0 saturated heterocycles. The second-order valence-electron chi connectivity index (χ2n) is 20.0. The number of fused-ring (bicyclic) bond motifs is 19. The normalized spacial score (nSPS) is 14.7. The molecule has 0 radical (unpaired) electrons. The second kappa shape index (κ2) is 12.3. The van der Waals surface area contributed by atoms with E-state index in [9.17, 15) is 0 Å². The average molecular weight is 846 g/mol. The lowest BCUT2D eigenvalue weighted by Crippen LogP contribution is -2.15. The highest BCUT2D eigenvalue weighted by molar-refractivity contribution is 6.18. The largest absolute Gasteiger partial charge is 0.456 e. The van der Waals surface area contributed by atoms with E-state index in [1.807, 2.05) is 12.1 Å². The van der Waals surface area contributed by atoms with Crippen LogP contribution in [-0.2, 0) is 17.9 Å². The smallest absolute Gasteiger partial charge is 0.135 e. The quantitative estimate of drug-likeness (QED) is 0.174. The molecule has 0 atom stereocenters. The van der Waals surface area contributed by atoms with Crippen LogP contribution in [0.2, 0.25) is 0 Å². The molecule has 0 N–H and O–H groups in total. The molecule has 0 fully saturated rings. The van der Waals surface area contributed by atoms with Crippen molar-refractivity contribution < 1.29 is 8.83 Å². The number of para-hydroxylation sites is 2. The molecule has 3 heterocycles. The SMILES string of the molecule is Cn1c2cc3c(cc2c2cc4c(cc21)-c1c(cc(-c2ccc5oc6ccccc6c5c2)c2ccccc12)C4(C)C)C(C)(C)c1cc(-c2ccc4oc5ccccc5c4c2)c2ccccc2c1-3. The van der Waals surface area contributed by atoms with Crippen LogP contribution < -0.4 is 0 Å². The molecule has 66 heavy (non-hydrogen) atoms. The first-order valence-electron chi connectivity index (χ1n) is 23.2. The molecule has 312 valence electrons. The van der Waals surface area contributed by atoms with E-state index in [2.05, 4.69) is 197 Å². The third-order valence-corrected chi connectivity index (χ3v) is 16.0. The van der Waals surface area contributed by atoms with Crippen LogP contribution >= 0.6 is 0 Å². The van der Waals surface area contributed by atoms with E-state index in [1.54, 1.807) is 0 Å². The fraction of sp³-hybridized carbons (Fsp3) is 0.111. The summed E-state index contributed by atoms with van der Waals surface area (Å²) in [6.45, 7) is 9.69. The van der Waals surface area contributed by atoms with E-state index < -0.39 is 0 Å². The lowest BCUT2D eigenvalue weighted by Gasteiger charge is -2.23. The van der Waals surface area contributed by atoms with Crippen LogP contribution in [0.4, 0.5) is 0 Å². The molecule has 3 nitrogen and oxygen atoms in total. The molecule has 0 spiro atoms. The van der Waals surface area contributed by atoms with Crippen molar-refractivity contribution in [2.45, 2.75) is 38.5 Å². The third-order valence-electron chi connectivity index (χ3n) is 16.0. The minimum absolute atomic E-state index is 0.223. The van der Waals surface area contributed by atoms with Gasteiger partial charge in [-0.15, -0.1) is 0 Å². The number of hydrogen-bond acceptors (Lipinski definition) is 2. The van der Waals surface area contributed by atoms with Crippen LogP contribution in [0.1, 0.15) is 49.9 Å². The first kappa shape index (κ1) is 36.5. The zero-order valence-electron chi connectivity index (χ0n) is 37.4. The Morgan fingerprint density at radius 2 is 0.697 bits per heavy atom. The van der Waals surface area contributed by atoms with Gasteiger partial charge in [0.25, 0.3) is 0 Å². The highest BCUT2D eigenvalue weighted by Gasteiger charge is 2.40. The first-order valence-corrected chi connectivity index (χ1v) is 23.2. The van der Waals surface area contributed by atoms with Gasteiger partial charge in [0.1, 0.15) is 22.3 Å². The van der Waals surface area contributed by atoms with Crippen molar-refractivity contribution in [1.82, 2.24) is 4.57 Å². The molecular formula is C63H43NO2. The molecular weight excluding hydrogens is 803 g/mol. The summed E-state index contributed by atoms with van der Waals surface area (Å²) in [6, 6.07) is 63.2. The summed E-state index contributed by atoms with van der Waals surface area (Å²) in [5.74, 6) is 0. The highest BCUT2D eigenvalue weighted by atomic mass is 16.3. The number of nitrogens with zero attached hydrogens (tertiary/aromatic N) is 1. The van der Waals surface area contributed by atoms with E-state index in [0.717, 1.165) is 43.9 Å². The molecule has 15 rings (SSSR count). The zero-order chi connectivity index (χ0) is 44.0. The molecule has 2 aliphatic rings. The summed E-state index contributed by atoms with van der Waals surface area (Å²) in [7, 11) is 2.26. The molecule has 0 bridgehead atoms. The van der Waals surface area contributed by atoms with E-state index in [-0.39, 0.29) is 10.8 Å². The van der Waals surface area contributed by atoms with Gasteiger partial charge in [-0.3, -0.25) is 0 Å². The standard InChI is InChI=1S/C63H43NO2/c1-62(2)50-30-44-45-31-51-49(61-41-19-9-7-15-37(41)43(29-53(61)63(51,3)4)35-23-25-59-47(27-35)39-17-11-13-21-57(39)66-59)33-55(45)64(5)54(44)32-48(50)60-40-18-8-6-14-36(40)42(28-52(60)62)34-22-24-58-46(26-34)38-16-10-12-20-56(38)65-58/h6-33H,1-5H3. The average Bonchev–Trinajstić information content (AvgIpc) is 4.09. The summed E-state index contributed by atoms with van der Waals surface area (Å²) in [6.07, 6.45) is 0. The van der Waals surface area contributed by atoms with Crippen LogP contribution in [0.25, 0.3) is 132 Å². The van der Waals surface area contributed by atoms with E-state index >= 15 is 0 Å². The Hall–Kier alpha value is -7.88. The van der Waals surface area contributed by atoms with Crippen LogP contribution in [-0.4, -0.2) is 4.57 Å². The van der Waals surface area contributed by atoms with Crippen molar-refractivity contribution in [3.63, 3.8) is 0 Å². The monoisotopic (exact) mass is 845 g/mol. The van der Waals surface area contributed by atoms with Gasteiger partial charge in [-0.1, -0.05) is 125 Å². The van der Waals surface area contributed by atoms with E-state index in [0.29, 0.717) is 0 Å². The minimum atomic E-state index is -0.223. The van der Waals surface area contributed by atoms with E-state index in [4.69, 9.17) is 8.83 Å². The van der Waals surface area contributed by atoms with Crippen molar-refractivity contribution in [2.24, 2.45) is 7.05 Å². The lowest BCUT2D eigenvalue weighted by molar-refractivity contribution is 0.661. The van der Waals surface area contributed by atoms with Crippen molar-refractivity contribution in [3.05, 3.63) is 192 Å². The summed E-state index contributed by atoms with van der Waals surface area (Å²) in [5.41, 5.74) is 21.6. The first-order chi connectivity index (χ1) is 32.1. The highest BCUT2D eigenvalue weighted by Crippen LogP contribution is 2.57. The number of aromatic nitrogens is 1. The van der Waals surface area contributed by atoms with Gasteiger partial charge >= 0.3 is 0 Å². The minimum Gasteiger partial charge on any atom is -0.456 e. The maximum atomic E-state index is 6.26. The Kier molecular flexibility index (Phi) is 6.77. The van der Waals surface area contributed by atoms with Gasteiger partial charge in [-0.25, -0.2) is 0 Å². The molecule has 0 unspecified atom stereocenters. The van der Waals surface area contributed by atoms with Gasteiger partial charge in [0.05, 0.1) is 0 Å². The van der Waals surface area contributed by atoms with Crippen molar-refractivity contribution in [1.29, 1.82) is 0 Å². The number of aryl methyl sites for hydroxylation is 1. The molecule has 0 saturated carbocycles. The maximum Gasteiger partial charge on any atom is 0.135 e. The maximum absolute atomic E-state index is 6.26. The van der Waals surface area contributed by atoms with Crippen LogP contribution in [0.3, 0.4) is 0 Å². The predicted octanol–water partition coefficient (Wildman–Crippen LogP) is 17.4. The number of furan rings is 2. The fourth-order valence-electron chi connectivity index (χ4n) is 12.6. The number of rotatable bonds is 2. The molecule has 2 aliphatic carbocycles. The summed E-state index contributed by atoms with van der Waals surface area (Å²) >= 11 is 0. The van der Waals surface area contributed by atoms with Gasteiger partial charge in [-0.2, -0.15) is 0 Å². The number of hydrogen-bond donors (Lipinski definition) is 0. The zero-order valence-corrected chi connectivity index (χ0v) is 37.4. The second-order valence-corrected chi connectivity index (χ2v) is 20.0. The molecule has 0 aliphatic heterocycles. The summed E-state index contributed by atoms with van der Waals surface area (Å²) < 4.78 is 15.0. The third kappa shape index (κ3) is 4.52. The Morgan fingerprint density at radius 1 is 0.318 bits per heavy atom. The van der Waals surface area contributed by atoms with Gasteiger partial charge in [0.15, 0.2) is 0 Å². The molecule has 3 heteroatoms. The van der Waals surface area contributed by atoms with Gasteiger partial charge < -0.3 is 13.4 Å². The van der Waals surface area contributed by atoms with Crippen LogP contribution in [0, 0.1) is 0 Å².